The van der Waals surface area contributed by atoms with Crippen molar-refractivity contribution < 1.29 is 17.9 Å². The fourth-order valence-corrected chi connectivity index (χ4v) is 3.36. The van der Waals surface area contributed by atoms with Crippen LogP contribution in [0, 0.1) is 0 Å². The van der Waals surface area contributed by atoms with E-state index in [1.165, 1.54) is 5.56 Å². The number of halogens is 4. The van der Waals surface area contributed by atoms with Gasteiger partial charge < -0.3 is 15.4 Å². The summed E-state index contributed by atoms with van der Waals surface area (Å²) in [5.41, 5.74) is 1.32. The van der Waals surface area contributed by atoms with E-state index in [1.54, 1.807) is 7.05 Å². The van der Waals surface area contributed by atoms with Crippen molar-refractivity contribution in [3.63, 3.8) is 0 Å². The fraction of sp³-hybridized carbons (Fsp3) is 0.650. The SMILES string of the molecule is CN=C(NCCCOCC(F)(F)F)NC1CCN(Cc2ccccc2)C(C)C1.I. The molecule has 2 N–H and O–H groups in total. The Labute approximate surface area is 188 Å². The second-order valence-corrected chi connectivity index (χ2v) is 7.19. The number of piperidine rings is 1. The zero-order valence-corrected chi connectivity index (χ0v) is 19.4. The number of hydrogen-bond acceptors (Lipinski definition) is 3. The van der Waals surface area contributed by atoms with Crippen molar-refractivity contribution in [2.75, 3.05) is 33.4 Å². The first-order chi connectivity index (χ1) is 13.4. The third-order valence-electron chi connectivity index (χ3n) is 4.83. The normalized spacial score (nSPS) is 20.8. The first-order valence-electron chi connectivity index (χ1n) is 9.77. The number of nitrogens with zero attached hydrogens (tertiary/aromatic N) is 2. The molecule has 1 heterocycles. The lowest BCUT2D eigenvalue weighted by molar-refractivity contribution is -0.173. The molecule has 0 aromatic heterocycles. The lowest BCUT2D eigenvalue weighted by Gasteiger charge is -2.38. The summed E-state index contributed by atoms with van der Waals surface area (Å²) in [5.74, 6) is 0.685. The topological polar surface area (TPSA) is 48.9 Å². The Bertz CT molecular complexity index is 601. The second-order valence-electron chi connectivity index (χ2n) is 7.19. The van der Waals surface area contributed by atoms with E-state index in [1.807, 2.05) is 6.07 Å². The molecule has 5 nitrogen and oxygen atoms in total. The highest BCUT2D eigenvalue weighted by molar-refractivity contribution is 14.0. The monoisotopic (exact) mass is 528 g/mol. The molecule has 1 aliphatic heterocycles. The Kier molecular flexibility index (Phi) is 11.9. The van der Waals surface area contributed by atoms with Gasteiger partial charge in [-0.05, 0) is 31.7 Å². The molecule has 0 spiro atoms. The van der Waals surface area contributed by atoms with Gasteiger partial charge in [0.25, 0.3) is 0 Å². The summed E-state index contributed by atoms with van der Waals surface area (Å²) >= 11 is 0. The number of alkyl halides is 3. The molecule has 1 aromatic carbocycles. The van der Waals surface area contributed by atoms with Crippen molar-refractivity contribution in [3.8, 4) is 0 Å². The summed E-state index contributed by atoms with van der Waals surface area (Å²) in [7, 11) is 1.70. The molecule has 166 valence electrons. The zero-order chi connectivity index (χ0) is 20.4. The summed E-state index contributed by atoms with van der Waals surface area (Å²) in [6.07, 6.45) is -1.74. The van der Waals surface area contributed by atoms with Crippen molar-refractivity contribution >= 4 is 29.9 Å². The smallest absolute Gasteiger partial charge is 0.372 e. The Morgan fingerprint density at radius 1 is 1.28 bits per heavy atom. The van der Waals surface area contributed by atoms with Crippen molar-refractivity contribution in [1.29, 1.82) is 0 Å². The van der Waals surface area contributed by atoms with Crippen LogP contribution in [0.2, 0.25) is 0 Å². The fourth-order valence-electron chi connectivity index (χ4n) is 3.36. The average Bonchev–Trinajstić information content (AvgIpc) is 2.65. The molecule has 0 radical (unpaired) electrons. The van der Waals surface area contributed by atoms with E-state index in [0.29, 0.717) is 31.0 Å². The number of benzene rings is 1. The molecular weight excluding hydrogens is 496 g/mol. The van der Waals surface area contributed by atoms with Gasteiger partial charge in [-0.1, -0.05) is 30.3 Å². The van der Waals surface area contributed by atoms with Gasteiger partial charge in [-0.15, -0.1) is 24.0 Å². The first-order valence-corrected chi connectivity index (χ1v) is 9.77. The minimum Gasteiger partial charge on any atom is -0.372 e. The predicted octanol–water partition coefficient (Wildman–Crippen LogP) is 3.79. The van der Waals surface area contributed by atoms with Gasteiger partial charge in [-0.25, -0.2) is 0 Å². The van der Waals surface area contributed by atoms with Crippen LogP contribution in [0.1, 0.15) is 31.7 Å². The van der Waals surface area contributed by atoms with Gasteiger partial charge in [0.2, 0.25) is 0 Å². The third kappa shape index (κ3) is 10.5. The predicted molar refractivity (Wildman–Crippen MR) is 121 cm³/mol. The van der Waals surface area contributed by atoms with E-state index in [9.17, 15) is 13.2 Å². The van der Waals surface area contributed by atoms with E-state index in [0.717, 1.165) is 25.9 Å². The maximum absolute atomic E-state index is 12.0. The summed E-state index contributed by atoms with van der Waals surface area (Å²) in [6.45, 7) is 3.60. The van der Waals surface area contributed by atoms with Crippen LogP contribution in [0.25, 0.3) is 0 Å². The lowest BCUT2D eigenvalue weighted by atomic mass is 9.97. The van der Waals surface area contributed by atoms with E-state index in [4.69, 9.17) is 0 Å². The minimum absolute atomic E-state index is 0. The minimum atomic E-state index is -4.27. The molecule has 9 heteroatoms. The largest absolute Gasteiger partial charge is 0.411 e. The molecule has 0 bridgehead atoms. The second kappa shape index (κ2) is 13.3. The van der Waals surface area contributed by atoms with Crippen LogP contribution in [-0.4, -0.2) is 62.5 Å². The number of guanidine groups is 1. The highest BCUT2D eigenvalue weighted by Gasteiger charge is 2.27. The maximum atomic E-state index is 12.0. The maximum Gasteiger partial charge on any atom is 0.411 e. The highest BCUT2D eigenvalue weighted by Crippen LogP contribution is 2.20. The summed E-state index contributed by atoms with van der Waals surface area (Å²) < 4.78 is 40.7. The van der Waals surface area contributed by atoms with E-state index < -0.39 is 12.8 Å². The molecule has 0 saturated carbocycles. The number of likely N-dealkylation sites (tertiary alicyclic amines) is 1. The third-order valence-corrected chi connectivity index (χ3v) is 4.83. The van der Waals surface area contributed by atoms with E-state index >= 15 is 0 Å². The number of nitrogens with one attached hydrogen (secondary N) is 2. The van der Waals surface area contributed by atoms with Gasteiger partial charge >= 0.3 is 6.18 Å². The molecule has 1 aromatic rings. The van der Waals surface area contributed by atoms with Crippen LogP contribution in [0.4, 0.5) is 13.2 Å². The number of aliphatic imine (C=N–C) groups is 1. The highest BCUT2D eigenvalue weighted by atomic mass is 127. The summed E-state index contributed by atoms with van der Waals surface area (Å²) in [4.78, 5) is 6.70. The Hall–Kier alpha value is -1.07. The Morgan fingerprint density at radius 3 is 2.62 bits per heavy atom. The molecule has 0 aliphatic carbocycles. The molecule has 29 heavy (non-hydrogen) atoms. The van der Waals surface area contributed by atoms with Crippen LogP contribution in [0.3, 0.4) is 0 Å². The molecule has 1 saturated heterocycles. The molecule has 2 rings (SSSR count). The summed E-state index contributed by atoms with van der Waals surface area (Å²) in [5, 5.41) is 6.57. The van der Waals surface area contributed by atoms with Gasteiger partial charge in [0.15, 0.2) is 5.96 Å². The quantitative estimate of drug-likeness (QED) is 0.234. The lowest BCUT2D eigenvalue weighted by Crippen LogP contribution is -2.51. The molecule has 0 amide bonds. The molecule has 1 aliphatic rings. The standard InChI is InChI=1S/C20H31F3N4O.HI/c1-16-13-18(9-11-27(16)14-17-7-4-3-5-8-17)26-19(24-2)25-10-6-12-28-15-20(21,22)23;/h3-5,7-8,16,18H,6,9-15H2,1-2H3,(H2,24,25,26);1H. The number of ether oxygens (including phenoxy) is 1. The number of hydrogen-bond donors (Lipinski definition) is 2. The van der Waals surface area contributed by atoms with Crippen LogP contribution >= 0.6 is 24.0 Å². The molecule has 2 atom stereocenters. The molecular formula is C20H32F3IN4O. The van der Waals surface area contributed by atoms with Gasteiger partial charge in [0, 0.05) is 45.4 Å². The Balaban J connectivity index is 0.00000420. The average molecular weight is 528 g/mol. The van der Waals surface area contributed by atoms with Crippen LogP contribution in [-0.2, 0) is 11.3 Å². The summed E-state index contributed by atoms with van der Waals surface area (Å²) in [6, 6.07) is 11.3. The van der Waals surface area contributed by atoms with Crippen LogP contribution in [0.5, 0.6) is 0 Å². The van der Waals surface area contributed by atoms with Crippen molar-refractivity contribution in [1.82, 2.24) is 15.5 Å². The first kappa shape index (κ1) is 26.0. The molecule has 1 fully saturated rings. The Morgan fingerprint density at radius 2 is 2.00 bits per heavy atom. The zero-order valence-electron chi connectivity index (χ0n) is 17.0. The van der Waals surface area contributed by atoms with Crippen LogP contribution in [0.15, 0.2) is 35.3 Å². The van der Waals surface area contributed by atoms with E-state index in [-0.39, 0.29) is 30.6 Å². The van der Waals surface area contributed by atoms with Gasteiger partial charge in [0.1, 0.15) is 6.61 Å². The van der Waals surface area contributed by atoms with Crippen molar-refractivity contribution in [3.05, 3.63) is 35.9 Å². The van der Waals surface area contributed by atoms with Crippen molar-refractivity contribution in [2.24, 2.45) is 4.99 Å². The van der Waals surface area contributed by atoms with Gasteiger partial charge in [0.05, 0.1) is 0 Å². The van der Waals surface area contributed by atoms with Gasteiger partial charge in [-0.2, -0.15) is 13.2 Å². The van der Waals surface area contributed by atoms with Crippen LogP contribution < -0.4 is 10.6 Å². The van der Waals surface area contributed by atoms with E-state index in [2.05, 4.69) is 56.5 Å². The van der Waals surface area contributed by atoms with Crippen molar-refractivity contribution in [2.45, 2.75) is 51.0 Å². The molecule has 2 unspecified atom stereocenters. The number of rotatable bonds is 8. The van der Waals surface area contributed by atoms with Gasteiger partial charge in [-0.3, -0.25) is 9.89 Å².